The van der Waals surface area contributed by atoms with Gasteiger partial charge in [-0.2, -0.15) is 0 Å². The second kappa shape index (κ2) is 14.5. The zero-order valence-electron chi connectivity index (χ0n) is 24.2. The second-order valence-corrected chi connectivity index (χ2v) is 10.9. The Hall–Kier alpha value is -3.81. The van der Waals surface area contributed by atoms with Crippen molar-refractivity contribution in [3.05, 3.63) is 60.7 Å². The van der Waals surface area contributed by atoms with Crippen LogP contribution in [0.2, 0.25) is 0 Å². The van der Waals surface area contributed by atoms with Crippen LogP contribution in [0.5, 0.6) is 11.5 Å². The van der Waals surface area contributed by atoms with E-state index in [2.05, 4.69) is 18.0 Å². The Morgan fingerprint density at radius 1 is 1.07 bits per heavy atom. The number of methoxy groups -OCH3 is 2. The number of nitrogens with zero attached hydrogens (tertiary/aromatic N) is 1. The molecule has 0 bridgehead atoms. The Morgan fingerprint density at radius 2 is 1.80 bits per heavy atom. The van der Waals surface area contributed by atoms with Crippen molar-refractivity contribution in [1.82, 2.24) is 10.2 Å². The van der Waals surface area contributed by atoms with Crippen molar-refractivity contribution < 1.29 is 23.9 Å². The highest BCUT2D eigenvalue weighted by molar-refractivity contribution is 5.91. The molecule has 0 radical (unpaired) electrons. The number of carbonyl (C=O) groups is 3. The first kappa shape index (κ1) is 30.7. The zero-order valence-corrected chi connectivity index (χ0v) is 24.2. The third kappa shape index (κ3) is 7.87. The minimum absolute atomic E-state index is 0.106. The summed E-state index contributed by atoms with van der Waals surface area (Å²) < 4.78 is 10.8. The van der Waals surface area contributed by atoms with Crippen molar-refractivity contribution in [2.75, 3.05) is 20.8 Å². The van der Waals surface area contributed by atoms with Crippen LogP contribution in [0.4, 0.5) is 0 Å². The van der Waals surface area contributed by atoms with Crippen molar-refractivity contribution in [3.8, 4) is 22.6 Å². The van der Waals surface area contributed by atoms with Crippen LogP contribution in [0.25, 0.3) is 11.1 Å². The molecule has 2 unspecified atom stereocenters. The molecule has 2 aromatic rings. The number of nitrogens with one attached hydrogen (secondary N) is 1. The van der Waals surface area contributed by atoms with E-state index in [-0.39, 0.29) is 17.7 Å². The van der Waals surface area contributed by atoms with Crippen LogP contribution in [-0.2, 0) is 20.9 Å². The second-order valence-electron chi connectivity index (χ2n) is 10.9. The highest BCUT2D eigenvalue weighted by atomic mass is 16.5. The number of carbonyl (C=O) groups excluding carboxylic acids is 3. The number of allylic oxidation sites excluding steroid dienone is 1. The van der Waals surface area contributed by atoms with Crippen LogP contribution in [0.3, 0.4) is 0 Å². The molecule has 0 aromatic heterocycles. The smallest absolute Gasteiger partial charge is 0.245 e. The van der Waals surface area contributed by atoms with Crippen LogP contribution in [-0.4, -0.2) is 49.4 Å². The summed E-state index contributed by atoms with van der Waals surface area (Å²) in [5.74, 6) is -0.706. The molecule has 0 spiro atoms. The molecule has 1 fully saturated rings. The predicted octanol–water partition coefficient (Wildman–Crippen LogP) is 4.71. The average Bonchev–Trinajstić information content (AvgIpc) is 3.10. The largest absolute Gasteiger partial charge is 0.493 e. The zero-order chi connectivity index (χ0) is 29.2. The highest BCUT2D eigenvalue weighted by Crippen LogP contribution is 2.33. The third-order valence-corrected chi connectivity index (χ3v) is 7.45. The number of primary amides is 1. The van der Waals surface area contributed by atoms with Gasteiger partial charge in [0.25, 0.3) is 0 Å². The molecule has 3 atom stereocenters. The van der Waals surface area contributed by atoms with Gasteiger partial charge in [0.2, 0.25) is 17.7 Å². The number of nitrogens with two attached hydrogens (primary N) is 1. The summed E-state index contributed by atoms with van der Waals surface area (Å²) in [6.45, 7) is 8.77. The maximum absolute atomic E-state index is 13.6. The van der Waals surface area contributed by atoms with Crippen molar-refractivity contribution >= 4 is 17.7 Å². The summed E-state index contributed by atoms with van der Waals surface area (Å²) >= 11 is 0. The van der Waals surface area contributed by atoms with Gasteiger partial charge < -0.3 is 25.4 Å². The first-order valence-electron chi connectivity index (χ1n) is 14.0. The van der Waals surface area contributed by atoms with E-state index in [1.165, 1.54) is 0 Å². The Labute approximate surface area is 237 Å². The monoisotopic (exact) mass is 549 g/mol. The lowest BCUT2D eigenvalue weighted by Gasteiger charge is -2.29. The Kier molecular flexibility index (Phi) is 11.2. The summed E-state index contributed by atoms with van der Waals surface area (Å²) in [4.78, 5) is 41.1. The lowest BCUT2D eigenvalue weighted by molar-refractivity contribution is -0.139. The molecule has 3 rings (SSSR count). The molecule has 1 heterocycles. The number of hydrogen-bond donors (Lipinski definition) is 2. The third-order valence-electron chi connectivity index (χ3n) is 7.45. The van der Waals surface area contributed by atoms with E-state index in [1.807, 2.05) is 55.1 Å². The van der Waals surface area contributed by atoms with Crippen molar-refractivity contribution in [2.24, 2.45) is 23.5 Å². The van der Waals surface area contributed by atoms with E-state index in [4.69, 9.17) is 15.2 Å². The number of benzene rings is 2. The summed E-state index contributed by atoms with van der Waals surface area (Å²) in [5.41, 5.74) is 8.63. The molecular weight excluding hydrogens is 506 g/mol. The Bertz CT molecular complexity index is 1190. The van der Waals surface area contributed by atoms with Crippen LogP contribution < -0.4 is 20.5 Å². The maximum atomic E-state index is 13.6. The first-order valence-corrected chi connectivity index (χ1v) is 14.0. The number of likely N-dealkylation sites (tertiary alicyclic amines) is 1. The van der Waals surface area contributed by atoms with Gasteiger partial charge >= 0.3 is 0 Å². The van der Waals surface area contributed by atoms with Crippen molar-refractivity contribution in [2.45, 2.75) is 58.5 Å². The number of amides is 3. The van der Waals surface area contributed by atoms with E-state index in [0.717, 1.165) is 29.5 Å². The molecule has 216 valence electrons. The molecular formula is C32H43N3O5. The van der Waals surface area contributed by atoms with Crippen molar-refractivity contribution in [1.29, 1.82) is 0 Å². The SMILES string of the molecule is C=CCC(C(N)=O)C(CC(C)C)C(=O)N[C@H]1CCCCN(Cc2cccc(-c3ccc(OC)c(OC)c3)c2)C1=O. The van der Waals surface area contributed by atoms with E-state index in [9.17, 15) is 14.4 Å². The standard InChI is InChI=1S/C32H43N3O5/c1-6-10-25(30(33)36)26(17-21(2)3)31(37)34-27-13-7-8-16-35(32(27)38)20-22-11-9-12-23(18-22)24-14-15-28(39-4)29(19-24)40-5/h6,9,11-12,14-15,18-19,21,25-27H,1,7-8,10,13,16-17,20H2,2-5H3,(H2,33,36)(H,34,37)/t25?,26?,27-/m0/s1. The van der Waals surface area contributed by atoms with Gasteiger partial charge in [0, 0.05) is 13.1 Å². The highest BCUT2D eigenvalue weighted by Gasteiger charge is 2.35. The van der Waals surface area contributed by atoms with E-state index in [1.54, 1.807) is 20.3 Å². The van der Waals surface area contributed by atoms with Gasteiger partial charge in [-0.15, -0.1) is 6.58 Å². The van der Waals surface area contributed by atoms with Gasteiger partial charge in [-0.05, 0) is 72.9 Å². The van der Waals surface area contributed by atoms with E-state index >= 15 is 0 Å². The van der Waals surface area contributed by atoms with Crippen LogP contribution >= 0.6 is 0 Å². The summed E-state index contributed by atoms with van der Waals surface area (Å²) in [6, 6.07) is 13.2. The summed E-state index contributed by atoms with van der Waals surface area (Å²) in [6.07, 6.45) is 4.67. The van der Waals surface area contributed by atoms with Gasteiger partial charge in [0.05, 0.1) is 26.1 Å². The molecule has 8 heteroatoms. The minimum atomic E-state index is -0.656. The lowest BCUT2D eigenvalue weighted by atomic mass is 9.82. The van der Waals surface area contributed by atoms with E-state index in [0.29, 0.717) is 43.9 Å². The molecule has 8 nitrogen and oxygen atoms in total. The average molecular weight is 550 g/mol. The summed E-state index contributed by atoms with van der Waals surface area (Å²) in [7, 11) is 3.21. The minimum Gasteiger partial charge on any atom is -0.493 e. The Balaban J connectivity index is 1.78. The van der Waals surface area contributed by atoms with Gasteiger partial charge in [0.15, 0.2) is 11.5 Å². The maximum Gasteiger partial charge on any atom is 0.245 e. The fraction of sp³-hybridized carbons (Fsp3) is 0.469. The van der Waals surface area contributed by atoms with Gasteiger partial charge in [0.1, 0.15) is 6.04 Å². The molecule has 2 aromatic carbocycles. The fourth-order valence-electron chi connectivity index (χ4n) is 5.38. The first-order chi connectivity index (χ1) is 19.2. The van der Waals surface area contributed by atoms with Gasteiger partial charge in [-0.3, -0.25) is 14.4 Å². The molecule has 1 saturated heterocycles. The molecule has 0 saturated carbocycles. The fourth-order valence-corrected chi connectivity index (χ4v) is 5.38. The lowest BCUT2D eigenvalue weighted by Crippen LogP contribution is -2.50. The molecule has 1 aliphatic rings. The number of hydrogen-bond acceptors (Lipinski definition) is 5. The molecule has 40 heavy (non-hydrogen) atoms. The predicted molar refractivity (Wildman–Crippen MR) is 157 cm³/mol. The molecule has 3 N–H and O–H groups in total. The molecule has 1 aliphatic heterocycles. The van der Waals surface area contributed by atoms with E-state index < -0.39 is 23.8 Å². The van der Waals surface area contributed by atoms with Gasteiger partial charge in [-0.1, -0.05) is 44.2 Å². The quantitative estimate of drug-likeness (QED) is 0.352. The van der Waals surface area contributed by atoms with Crippen molar-refractivity contribution in [3.63, 3.8) is 0 Å². The molecule has 3 amide bonds. The van der Waals surface area contributed by atoms with Crippen LogP contribution in [0, 0.1) is 17.8 Å². The molecule has 0 aliphatic carbocycles. The topological polar surface area (TPSA) is 111 Å². The summed E-state index contributed by atoms with van der Waals surface area (Å²) in [5, 5.41) is 2.99. The van der Waals surface area contributed by atoms with Crippen LogP contribution in [0.15, 0.2) is 55.1 Å². The normalized spacial score (nSPS) is 17.1. The Morgan fingerprint density at radius 3 is 2.45 bits per heavy atom. The van der Waals surface area contributed by atoms with Crippen LogP contribution in [0.1, 0.15) is 51.5 Å². The van der Waals surface area contributed by atoms with Gasteiger partial charge in [-0.25, -0.2) is 0 Å². The number of ether oxygens (including phenoxy) is 2. The number of rotatable bonds is 13.